The third kappa shape index (κ3) is 2.90. The van der Waals surface area contributed by atoms with Gasteiger partial charge in [-0.2, -0.15) is 0 Å². The molecule has 0 saturated carbocycles. The van der Waals surface area contributed by atoms with Crippen molar-refractivity contribution >= 4 is 27.3 Å². The second-order valence-electron chi connectivity index (χ2n) is 4.49. The first kappa shape index (κ1) is 14.4. The molecule has 0 aliphatic carbocycles. The van der Waals surface area contributed by atoms with Crippen molar-refractivity contribution in [2.75, 3.05) is 0 Å². The number of rotatable bonds is 3. The smallest absolute Gasteiger partial charge is 0.133 e. The van der Waals surface area contributed by atoms with Crippen LogP contribution < -0.4 is 5.73 Å². The zero-order chi connectivity index (χ0) is 14.8. The first-order valence-electron chi connectivity index (χ1n) is 6.39. The van der Waals surface area contributed by atoms with Crippen LogP contribution in [0.5, 0.6) is 0 Å². The molecule has 2 aromatic carbocycles. The van der Waals surface area contributed by atoms with Crippen LogP contribution in [0.4, 0.5) is 4.39 Å². The highest BCUT2D eigenvalue weighted by atomic mass is 79.9. The van der Waals surface area contributed by atoms with Crippen molar-refractivity contribution < 1.29 is 4.39 Å². The van der Waals surface area contributed by atoms with E-state index >= 15 is 0 Å². The molecule has 0 bridgehead atoms. The molecule has 2 nitrogen and oxygen atoms in total. The summed E-state index contributed by atoms with van der Waals surface area (Å²) in [6.45, 7) is 0.386. The van der Waals surface area contributed by atoms with Gasteiger partial charge >= 0.3 is 0 Å². The highest BCUT2D eigenvalue weighted by Crippen LogP contribution is 2.35. The minimum atomic E-state index is -0.282. The highest BCUT2D eigenvalue weighted by Gasteiger charge is 2.15. The van der Waals surface area contributed by atoms with Crippen molar-refractivity contribution in [1.29, 1.82) is 0 Å². The third-order valence-corrected chi connectivity index (χ3v) is 4.69. The molecule has 0 aliphatic rings. The quantitative estimate of drug-likeness (QED) is 0.723. The van der Waals surface area contributed by atoms with E-state index in [-0.39, 0.29) is 5.82 Å². The maximum Gasteiger partial charge on any atom is 0.133 e. The standard InChI is InChI=1S/C16H12BrFN2S/c17-11-6-7-13(18)12(8-11)16-20-15(14(9-19)21-16)10-4-2-1-3-5-10/h1-8H,9,19H2. The first-order chi connectivity index (χ1) is 10.2. The van der Waals surface area contributed by atoms with Gasteiger partial charge in [0.05, 0.1) is 5.69 Å². The van der Waals surface area contributed by atoms with Crippen molar-refractivity contribution in [3.05, 3.63) is 63.7 Å². The zero-order valence-corrected chi connectivity index (χ0v) is 13.4. The molecule has 0 saturated heterocycles. The Labute approximate surface area is 134 Å². The Morgan fingerprint density at radius 1 is 1.14 bits per heavy atom. The fourth-order valence-corrected chi connectivity index (χ4v) is 3.43. The monoisotopic (exact) mass is 362 g/mol. The van der Waals surface area contributed by atoms with E-state index in [1.54, 1.807) is 12.1 Å². The molecule has 0 fully saturated rings. The Hall–Kier alpha value is -1.56. The highest BCUT2D eigenvalue weighted by molar-refractivity contribution is 9.10. The third-order valence-electron chi connectivity index (χ3n) is 3.09. The number of aromatic nitrogens is 1. The number of nitrogens with two attached hydrogens (primary N) is 1. The molecular weight excluding hydrogens is 351 g/mol. The molecule has 0 amide bonds. The molecule has 3 rings (SSSR count). The van der Waals surface area contributed by atoms with Crippen LogP contribution in [0.15, 0.2) is 53.0 Å². The van der Waals surface area contributed by atoms with E-state index in [2.05, 4.69) is 20.9 Å². The van der Waals surface area contributed by atoms with Crippen LogP contribution in [0.2, 0.25) is 0 Å². The molecule has 21 heavy (non-hydrogen) atoms. The van der Waals surface area contributed by atoms with Crippen molar-refractivity contribution in [3.63, 3.8) is 0 Å². The summed E-state index contributed by atoms with van der Waals surface area (Å²) in [5.41, 5.74) is 8.13. The van der Waals surface area contributed by atoms with Gasteiger partial charge in [-0.1, -0.05) is 46.3 Å². The number of benzene rings is 2. The van der Waals surface area contributed by atoms with E-state index in [1.807, 2.05) is 30.3 Å². The van der Waals surface area contributed by atoms with Crippen molar-refractivity contribution in [2.24, 2.45) is 5.73 Å². The summed E-state index contributed by atoms with van der Waals surface area (Å²) in [7, 11) is 0. The summed E-state index contributed by atoms with van der Waals surface area (Å²) in [5.74, 6) is -0.282. The Morgan fingerprint density at radius 2 is 1.90 bits per heavy atom. The average Bonchev–Trinajstić information content (AvgIpc) is 2.94. The van der Waals surface area contributed by atoms with Gasteiger partial charge in [0.15, 0.2) is 0 Å². The molecule has 0 aliphatic heterocycles. The topological polar surface area (TPSA) is 38.9 Å². The van der Waals surface area contributed by atoms with Crippen molar-refractivity contribution in [1.82, 2.24) is 4.98 Å². The largest absolute Gasteiger partial charge is 0.326 e. The molecule has 0 radical (unpaired) electrons. The predicted molar refractivity (Wildman–Crippen MR) is 88.5 cm³/mol. The lowest BCUT2D eigenvalue weighted by Crippen LogP contribution is -1.95. The molecule has 5 heteroatoms. The molecule has 1 heterocycles. The molecule has 0 spiro atoms. The van der Waals surface area contributed by atoms with Gasteiger partial charge in [0.2, 0.25) is 0 Å². The normalized spacial score (nSPS) is 10.8. The number of thiazole rings is 1. The van der Waals surface area contributed by atoms with E-state index in [4.69, 9.17) is 5.73 Å². The fourth-order valence-electron chi connectivity index (χ4n) is 2.09. The van der Waals surface area contributed by atoms with Gasteiger partial charge < -0.3 is 5.73 Å². The van der Waals surface area contributed by atoms with Crippen LogP contribution in [-0.4, -0.2) is 4.98 Å². The lowest BCUT2D eigenvalue weighted by Gasteiger charge is -2.00. The molecule has 2 N–H and O–H groups in total. The Bertz CT molecular complexity index is 771. The lowest BCUT2D eigenvalue weighted by atomic mass is 10.1. The number of hydrogen-bond donors (Lipinski definition) is 1. The second kappa shape index (κ2) is 6.05. The van der Waals surface area contributed by atoms with E-state index in [0.29, 0.717) is 17.1 Å². The van der Waals surface area contributed by atoms with Crippen LogP contribution in [-0.2, 0) is 6.54 Å². The van der Waals surface area contributed by atoms with Gasteiger partial charge in [-0.15, -0.1) is 11.3 Å². The van der Waals surface area contributed by atoms with Crippen LogP contribution in [0.3, 0.4) is 0 Å². The molecule has 106 valence electrons. The molecule has 1 aromatic heterocycles. The summed E-state index contributed by atoms with van der Waals surface area (Å²) >= 11 is 4.80. The summed E-state index contributed by atoms with van der Waals surface area (Å²) in [6.07, 6.45) is 0. The van der Waals surface area contributed by atoms with E-state index < -0.39 is 0 Å². The van der Waals surface area contributed by atoms with Gasteiger partial charge in [-0.3, -0.25) is 0 Å². The van der Waals surface area contributed by atoms with Gasteiger partial charge in [0, 0.05) is 27.0 Å². The summed E-state index contributed by atoms with van der Waals surface area (Å²) in [6, 6.07) is 14.7. The Morgan fingerprint density at radius 3 is 2.62 bits per heavy atom. The minimum absolute atomic E-state index is 0.282. The van der Waals surface area contributed by atoms with Gasteiger partial charge in [-0.05, 0) is 18.2 Å². The number of hydrogen-bond acceptors (Lipinski definition) is 3. The van der Waals surface area contributed by atoms with Crippen LogP contribution in [0.1, 0.15) is 4.88 Å². The van der Waals surface area contributed by atoms with Crippen LogP contribution >= 0.6 is 27.3 Å². The molecule has 0 unspecified atom stereocenters. The minimum Gasteiger partial charge on any atom is -0.326 e. The molecular formula is C16H12BrFN2S. The van der Waals surface area contributed by atoms with Gasteiger partial charge in [-0.25, -0.2) is 9.37 Å². The maximum atomic E-state index is 14.0. The maximum absolute atomic E-state index is 14.0. The van der Waals surface area contributed by atoms with Crippen molar-refractivity contribution in [3.8, 4) is 21.8 Å². The molecule has 3 aromatic rings. The second-order valence-corrected chi connectivity index (χ2v) is 6.48. The average molecular weight is 363 g/mol. The van der Waals surface area contributed by atoms with Crippen molar-refractivity contribution in [2.45, 2.75) is 6.54 Å². The van der Waals surface area contributed by atoms with Gasteiger partial charge in [0.25, 0.3) is 0 Å². The lowest BCUT2D eigenvalue weighted by molar-refractivity contribution is 0.631. The SMILES string of the molecule is NCc1sc(-c2cc(Br)ccc2F)nc1-c1ccccc1. The van der Waals surface area contributed by atoms with E-state index in [9.17, 15) is 4.39 Å². The first-order valence-corrected chi connectivity index (χ1v) is 8.00. The zero-order valence-electron chi connectivity index (χ0n) is 11.0. The van der Waals surface area contributed by atoms with Crippen LogP contribution in [0.25, 0.3) is 21.8 Å². The van der Waals surface area contributed by atoms with Gasteiger partial charge in [0.1, 0.15) is 10.8 Å². The Kier molecular flexibility index (Phi) is 4.14. The summed E-state index contributed by atoms with van der Waals surface area (Å²) in [4.78, 5) is 5.56. The van der Waals surface area contributed by atoms with E-state index in [0.717, 1.165) is 20.6 Å². The van der Waals surface area contributed by atoms with E-state index in [1.165, 1.54) is 17.4 Å². The summed E-state index contributed by atoms with van der Waals surface area (Å²) in [5, 5.41) is 0.646. The Balaban J connectivity index is 2.14. The number of nitrogens with zero attached hydrogens (tertiary/aromatic N) is 1. The van der Waals surface area contributed by atoms with Crippen LogP contribution in [0, 0.1) is 5.82 Å². The number of halogens is 2. The predicted octanol–water partition coefficient (Wildman–Crippen LogP) is 4.84. The summed E-state index contributed by atoms with van der Waals surface area (Å²) < 4.78 is 14.8. The fraction of sp³-hybridized carbons (Fsp3) is 0.0625. The molecule has 0 atom stereocenters.